The fourth-order valence-corrected chi connectivity index (χ4v) is 2.43. The molecule has 0 aliphatic rings. The number of nitrogens with one attached hydrogen (secondary N) is 2. The van der Waals surface area contributed by atoms with Crippen molar-refractivity contribution in [3.8, 4) is 0 Å². The summed E-state index contributed by atoms with van der Waals surface area (Å²) in [4.78, 5) is 4.69. The fourth-order valence-electron chi connectivity index (χ4n) is 2.43. The summed E-state index contributed by atoms with van der Waals surface area (Å²) in [6.45, 7) is 11.5. The zero-order valence-electron chi connectivity index (χ0n) is 16.6. The molecule has 0 saturated heterocycles. The van der Waals surface area contributed by atoms with E-state index in [0.29, 0.717) is 32.2 Å². The van der Waals surface area contributed by atoms with Crippen molar-refractivity contribution in [2.24, 2.45) is 4.99 Å². The predicted octanol–water partition coefficient (Wildman–Crippen LogP) is 4.21. The lowest BCUT2D eigenvalue weighted by Gasteiger charge is -2.11. The highest BCUT2D eigenvalue weighted by Gasteiger charge is 2.08. The van der Waals surface area contributed by atoms with Crippen molar-refractivity contribution >= 4 is 29.9 Å². The maximum atomic E-state index is 5.54. The first-order valence-electron chi connectivity index (χ1n) is 9.26. The van der Waals surface area contributed by atoms with Crippen molar-refractivity contribution in [2.75, 3.05) is 13.2 Å². The molecule has 150 valence electrons. The van der Waals surface area contributed by atoms with Crippen molar-refractivity contribution in [1.29, 1.82) is 0 Å². The number of halogens is 1. The molecule has 7 heteroatoms. The van der Waals surface area contributed by atoms with Gasteiger partial charge in [0.1, 0.15) is 0 Å². The van der Waals surface area contributed by atoms with Gasteiger partial charge in [0, 0.05) is 19.2 Å². The van der Waals surface area contributed by atoms with E-state index in [1.165, 1.54) is 11.1 Å². The van der Waals surface area contributed by atoms with E-state index in [1.54, 1.807) is 0 Å². The Hall–Kier alpha value is -1.61. The monoisotopic (exact) mass is 486 g/mol. The van der Waals surface area contributed by atoms with Gasteiger partial charge in [-0.1, -0.05) is 43.3 Å². The van der Waals surface area contributed by atoms with Gasteiger partial charge in [0.2, 0.25) is 0 Å². The Bertz CT molecular complexity index is 701. The molecular weight excluding hydrogens is 455 g/mol. The van der Waals surface area contributed by atoms with E-state index in [2.05, 4.69) is 46.8 Å². The Labute approximate surface area is 179 Å². The fraction of sp³-hybridized carbons (Fsp3) is 0.500. The van der Waals surface area contributed by atoms with Crippen molar-refractivity contribution in [1.82, 2.24) is 15.8 Å². The molecule has 0 saturated carbocycles. The average molecular weight is 486 g/mol. The second kappa shape index (κ2) is 12.7. The largest absolute Gasteiger partial charge is 0.377 e. The normalized spacial score (nSPS) is 11.4. The number of ether oxygens (including phenoxy) is 1. The summed E-state index contributed by atoms with van der Waals surface area (Å²) in [5, 5.41) is 10.6. The van der Waals surface area contributed by atoms with Gasteiger partial charge in [0.15, 0.2) is 11.7 Å². The van der Waals surface area contributed by atoms with Crippen LogP contribution in [0.15, 0.2) is 39.8 Å². The quantitative estimate of drug-likeness (QED) is 0.316. The molecule has 27 heavy (non-hydrogen) atoms. The van der Waals surface area contributed by atoms with Crippen LogP contribution in [0.3, 0.4) is 0 Å². The highest BCUT2D eigenvalue weighted by molar-refractivity contribution is 14.0. The summed E-state index contributed by atoms with van der Waals surface area (Å²) in [6, 6.07) is 10.2. The van der Waals surface area contributed by atoms with Crippen LogP contribution in [0.4, 0.5) is 0 Å². The number of aliphatic imine (C=N–C) groups is 1. The van der Waals surface area contributed by atoms with Gasteiger partial charge >= 0.3 is 0 Å². The molecule has 1 aromatic heterocycles. The molecule has 0 unspecified atom stereocenters. The minimum atomic E-state index is 0. The molecular formula is C20H31IN4O2. The van der Waals surface area contributed by atoms with Gasteiger partial charge in [0.05, 0.1) is 25.4 Å². The van der Waals surface area contributed by atoms with E-state index in [-0.39, 0.29) is 24.0 Å². The SMILES string of the molecule is CCNC(=NCc1ccccc1COCC)NCc1cc(C(C)C)no1.I. The van der Waals surface area contributed by atoms with Crippen LogP contribution in [0, 0.1) is 0 Å². The number of aromatic nitrogens is 1. The standard InChI is InChI=1S/C20H30N4O2.HI/c1-5-21-20(23-13-18-11-19(15(3)4)24-26-18)22-12-16-9-7-8-10-17(16)14-25-6-2;/h7-11,15H,5-6,12-14H2,1-4H3,(H2,21,22,23);1H. The van der Waals surface area contributed by atoms with Crippen LogP contribution in [0.5, 0.6) is 0 Å². The van der Waals surface area contributed by atoms with E-state index in [9.17, 15) is 0 Å². The van der Waals surface area contributed by atoms with Gasteiger partial charge in [-0.05, 0) is 30.9 Å². The summed E-state index contributed by atoms with van der Waals surface area (Å²) >= 11 is 0. The van der Waals surface area contributed by atoms with E-state index in [0.717, 1.165) is 24.0 Å². The van der Waals surface area contributed by atoms with Crippen molar-refractivity contribution in [3.63, 3.8) is 0 Å². The Kier molecular flexibility index (Phi) is 11.0. The van der Waals surface area contributed by atoms with E-state index in [4.69, 9.17) is 9.26 Å². The Morgan fingerprint density at radius 3 is 2.56 bits per heavy atom. The Morgan fingerprint density at radius 2 is 1.93 bits per heavy atom. The van der Waals surface area contributed by atoms with Crippen LogP contribution in [0.25, 0.3) is 0 Å². The summed E-state index contributed by atoms with van der Waals surface area (Å²) in [6.07, 6.45) is 0. The second-order valence-corrected chi connectivity index (χ2v) is 6.33. The van der Waals surface area contributed by atoms with Gasteiger partial charge in [0.25, 0.3) is 0 Å². The third-order valence-corrected chi connectivity index (χ3v) is 3.93. The molecule has 2 aromatic rings. The van der Waals surface area contributed by atoms with Crippen LogP contribution in [-0.2, 0) is 24.4 Å². The molecule has 0 fully saturated rings. The topological polar surface area (TPSA) is 71.7 Å². The smallest absolute Gasteiger partial charge is 0.191 e. The maximum Gasteiger partial charge on any atom is 0.191 e. The van der Waals surface area contributed by atoms with Crippen molar-refractivity contribution in [2.45, 2.75) is 53.3 Å². The highest BCUT2D eigenvalue weighted by atomic mass is 127. The lowest BCUT2D eigenvalue weighted by molar-refractivity contribution is 0.133. The zero-order valence-corrected chi connectivity index (χ0v) is 18.9. The molecule has 0 amide bonds. The van der Waals surface area contributed by atoms with Gasteiger partial charge in [-0.3, -0.25) is 0 Å². The third-order valence-electron chi connectivity index (χ3n) is 3.93. The zero-order chi connectivity index (χ0) is 18.8. The molecule has 0 bridgehead atoms. The van der Waals surface area contributed by atoms with Crippen molar-refractivity contribution in [3.05, 3.63) is 52.9 Å². The number of hydrogen-bond donors (Lipinski definition) is 2. The first kappa shape index (κ1) is 23.4. The molecule has 0 spiro atoms. The molecule has 0 aliphatic heterocycles. The van der Waals surface area contributed by atoms with E-state index >= 15 is 0 Å². The number of guanidine groups is 1. The lowest BCUT2D eigenvalue weighted by atomic mass is 10.1. The summed E-state index contributed by atoms with van der Waals surface area (Å²) < 4.78 is 10.9. The minimum absolute atomic E-state index is 0. The van der Waals surface area contributed by atoms with Crippen LogP contribution in [-0.4, -0.2) is 24.3 Å². The average Bonchev–Trinajstić information content (AvgIpc) is 3.12. The van der Waals surface area contributed by atoms with Gasteiger partial charge < -0.3 is 19.9 Å². The summed E-state index contributed by atoms with van der Waals surface area (Å²) in [5.74, 6) is 1.91. The molecule has 0 atom stereocenters. The highest BCUT2D eigenvalue weighted by Crippen LogP contribution is 2.14. The van der Waals surface area contributed by atoms with Crippen LogP contribution in [0.1, 0.15) is 56.2 Å². The second-order valence-electron chi connectivity index (χ2n) is 6.33. The summed E-state index contributed by atoms with van der Waals surface area (Å²) in [5.41, 5.74) is 3.30. The number of nitrogens with zero attached hydrogens (tertiary/aromatic N) is 2. The number of rotatable bonds is 9. The third kappa shape index (κ3) is 7.88. The molecule has 2 N–H and O–H groups in total. The molecule has 0 radical (unpaired) electrons. The predicted molar refractivity (Wildman–Crippen MR) is 119 cm³/mol. The summed E-state index contributed by atoms with van der Waals surface area (Å²) in [7, 11) is 0. The first-order chi connectivity index (χ1) is 12.6. The van der Waals surface area contributed by atoms with E-state index < -0.39 is 0 Å². The van der Waals surface area contributed by atoms with Gasteiger partial charge in [-0.2, -0.15) is 0 Å². The first-order valence-corrected chi connectivity index (χ1v) is 9.26. The van der Waals surface area contributed by atoms with E-state index in [1.807, 2.05) is 32.0 Å². The van der Waals surface area contributed by atoms with Crippen LogP contribution < -0.4 is 10.6 Å². The molecule has 1 heterocycles. The van der Waals surface area contributed by atoms with Crippen LogP contribution in [0.2, 0.25) is 0 Å². The Morgan fingerprint density at radius 1 is 1.19 bits per heavy atom. The lowest BCUT2D eigenvalue weighted by Crippen LogP contribution is -2.36. The molecule has 2 rings (SSSR count). The molecule has 6 nitrogen and oxygen atoms in total. The van der Waals surface area contributed by atoms with Crippen molar-refractivity contribution < 1.29 is 9.26 Å². The number of hydrogen-bond acceptors (Lipinski definition) is 4. The molecule has 0 aliphatic carbocycles. The van der Waals surface area contributed by atoms with Gasteiger partial charge in [-0.25, -0.2) is 4.99 Å². The minimum Gasteiger partial charge on any atom is -0.377 e. The van der Waals surface area contributed by atoms with Gasteiger partial charge in [-0.15, -0.1) is 24.0 Å². The Balaban J connectivity index is 0.00000364. The molecule has 1 aromatic carbocycles. The van der Waals surface area contributed by atoms with Crippen LogP contribution >= 0.6 is 24.0 Å². The maximum absolute atomic E-state index is 5.54. The number of benzene rings is 1.